The van der Waals surface area contributed by atoms with Gasteiger partial charge in [-0.25, -0.2) is 0 Å². The summed E-state index contributed by atoms with van der Waals surface area (Å²) in [7, 11) is 0. The first-order valence-corrected chi connectivity index (χ1v) is 18.6. The summed E-state index contributed by atoms with van der Waals surface area (Å²) in [4.78, 5) is 0. The lowest BCUT2D eigenvalue weighted by molar-refractivity contribution is 0.666. The SMILES string of the molecule is CC1(C)c2ccccc2-c2ccc3c(c21)c1cc(-c2ccc4c(c2)c2cccc5c2n4-c2ccccc2-c2ccccc2-5)ccc1n3-c1ccccc1. The predicted octanol–water partition coefficient (Wildman–Crippen LogP) is 13.5. The van der Waals surface area contributed by atoms with Crippen molar-refractivity contribution in [3.63, 3.8) is 0 Å². The summed E-state index contributed by atoms with van der Waals surface area (Å²) < 4.78 is 4.96. The standard InChI is InChI=1S/C51H34N2/c1-51(2)43-21-10-8-17-36(43)38-25-28-47-48(49(38)51)42-30-32(24-27-46(42)52(47)33-13-4-3-5-14-33)31-23-26-45-41(29-31)40-20-12-19-39-35-16-7-6-15-34(35)37-18-9-11-22-44(37)53(45)50(39)40/h3-30H,1-2H3. The zero-order valence-electron chi connectivity index (χ0n) is 29.6. The fraction of sp³-hybridized carbons (Fsp3) is 0.0588. The van der Waals surface area contributed by atoms with Crippen LogP contribution in [0.3, 0.4) is 0 Å². The predicted molar refractivity (Wildman–Crippen MR) is 223 cm³/mol. The first kappa shape index (κ1) is 29.0. The van der Waals surface area contributed by atoms with E-state index >= 15 is 0 Å². The molecule has 53 heavy (non-hydrogen) atoms. The van der Waals surface area contributed by atoms with Crippen LogP contribution in [0.1, 0.15) is 25.0 Å². The third-order valence-corrected chi connectivity index (χ3v) is 12.2. The van der Waals surface area contributed by atoms with Crippen LogP contribution in [0.4, 0.5) is 0 Å². The molecule has 2 nitrogen and oxygen atoms in total. The van der Waals surface area contributed by atoms with Crippen LogP contribution in [0.2, 0.25) is 0 Å². The molecule has 2 aromatic heterocycles. The highest BCUT2D eigenvalue weighted by Gasteiger charge is 2.38. The second kappa shape index (κ2) is 10.2. The molecule has 0 radical (unpaired) electrons. The summed E-state index contributed by atoms with van der Waals surface area (Å²) in [5, 5.41) is 5.20. The number of rotatable bonds is 2. The molecule has 3 heterocycles. The molecule has 0 bridgehead atoms. The Morgan fingerprint density at radius 2 is 1.00 bits per heavy atom. The molecule has 1 aliphatic heterocycles. The van der Waals surface area contributed by atoms with Gasteiger partial charge in [0.05, 0.1) is 27.8 Å². The molecule has 0 unspecified atom stereocenters. The van der Waals surface area contributed by atoms with Crippen molar-refractivity contribution in [1.82, 2.24) is 9.13 Å². The van der Waals surface area contributed by atoms with Crippen LogP contribution >= 0.6 is 0 Å². The zero-order chi connectivity index (χ0) is 35.0. The number of hydrogen-bond acceptors (Lipinski definition) is 0. The van der Waals surface area contributed by atoms with E-state index in [0.717, 1.165) is 0 Å². The molecule has 0 saturated heterocycles. The monoisotopic (exact) mass is 674 g/mol. The van der Waals surface area contributed by atoms with Gasteiger partial charge in [0.1, 0.15) is 0 Å². The minimum absolute atomic E-state index is 0.129. The largest absolute Gasteiger partial charge is 0.309 e. The van der Waals surface area contributed by atoms with Crippen molar-refractivity contribution in [1.29, 1.82) is 0 Å². The lowest BCUT2D eigenvalue weighted by atomic mass is 9.80. The normalized spacial score (nSPS) is 13.6. The molecule has 0 saturated carbocycles. The Labute approximate surface area is 307 Å². The second-order valence-electron chi connectivity index (χ2n) is 15.3. The number of para-hydroxylation sites is 3. The van der Waals surface area contributed by atoms with E-state index in [1.807, 2.05) is 0 Å². The van der Waals surface area contributed by atoms with E-state index in [2.05, 4.69) is 193 Å². The summed E-state index contributed by atoms with van der Waals surface area (Å²) in [6.45, 7) is 4.80. The quantitative estimate of drug-likeness (QED) is 0.173. The van der Waals surface area contributed by atoms with Gasteiger partial charge < -0.3 is 9.13 Å². The Kier molecular flexibility index (Phi) is 5.60. The van der Waals surface area contributed by atoms with Gasteiger partial charge in [-0.15, -0.1) is 0 Å². The Hall–Kier alpha value is -6.64. The third-order valence-electron chi connectivity index (χ3n) is 12.2. The lowest BCUT2D eigenvalue weighted by Crippen LogP contribution is -2.15. The highest BCUT2D eigenvalue weighted by atomic mass is 15.0. The summed E-state index contributed by atoms with van der Waals surface area (Å²) in [6.07, 6.45) is 0. The minimum atomic E-state index is -0.129. The van der Waals surface area contributed by atoms with Crippen molar-refractivity contribution in [2.75, 3.05) is 0 Å². The van der Waals surface area contributed by atoms with Gasteiger partial charge in [-0.2, -0.15) is 0 Å². The van der Waals surface area contributed by atoms with Gasteiger partial charge in [-0.1, -0.05) is 135 Å². The van der Waals surface area contributed by atoms with Gasteiger partial charge in [-0.05, 0) is 93.0 Å². The van der Waals surface area contributed by atoms with Gasteiger partial charge in [0.2, 0.25) is 0 Å². The molecule has 0 N–H and O–H groups in total. The molecular weight excluding hydrogens is 641 g/mol. The van der Waals surface area contributed by atoms with Crippen molar-refractivity contribution < 1.29 is 0 Å². The molecule has 248 valence electrons. The highest BCUT2D eigenvalue weighted by molar-refractivity contribution is 6.18. The third kappa shape index (κ3) is 3.72. The molecule has 8 aromatic carbocycles. The van der Waals surface area contributed by atoms with Crippen LogP contribution in [-0.2, 0) is 5.41 Å². The van der Waals surface area contributed by atoms with Crippen LogP contribution < -0.4 is 0 Å². The molecule has 12 rings (SSSR count). The maximum Gasteiger partial charge on any atom is 0.0619 e. The van der Waals surface area contributed by atoms with Crippen LogP contribution in [0.5, 0.6) is 0 Å². The molecule has 2 heteroatoms. The Morgan fingerprint density at radius 1 is 0.396 bits per heavy atom. The summed E-state index contributed by atoms with van der Waals surface area (Å²) >= 11 is 0. The Balaban J connectivity index is 1.14. The zero-order valence-corrected chi connectivity index (χ0v) is 29.6. The van der Waals surface area contributed by atoms with Crippen molar-refractivity contribution >= 4 is 43.6 Å². The number of aromatic nitrogens is 2. The van der Waals surface area contributed by atoms with Gasteiger partial charge in [0, 0.05) is 43.8 Å². The molecule has 0 fully saturated rings. The van der Waals surface area contributed by atoms with Crippen molar-refractivity contribution in [2.45, 2.75) is 19.3 Å². The van der Waals surface area contributed by atoms with E-state index in [1.165, 1.54) is 111 Å². The number of hydrogen-bond donors (Lipinski definition) is 0. The fourth-order valence-electron chi connectivity index (χ4n) is 9.98. The number of fused-ring (bicyclic) bond motifs is 15. The van der Waals surface area contributed by atoms with Gasteiger partial charge >= 0.3 is 0 Å². The van der Waals surface area contributed by atoms with Crippen LogP contribution in [0.25, 0.3) is 99.5 Å². The molecule has 0 spiro atoms. The van der Waals surface area contributed by atoms with E-state index in [4.69, 9.17) is 0 Å². The van der Waals surface area contributed by atoms with E-state index in [0.29, 0.717) is 0 Å². The Bertz CT molecular complexity index is 3190. The van der Waals surface area contributed by atoms with E-state index in [9.17, 15) is 0 Å². The van der Waals surface area contributed by atoms with Crippen LogP contribution in [-0.4, -0.2) is 9.13 Å². The Morgan fingerprint density at radius 3 is 1.79 bits per heavy atom. The van der Waals surface area contributed by atoms with E-state index in [1.54, 1.807) is 0 Å². The average molecular weight is 675 g/mol. The van der Waals surface area contributed by atoms with Crippen molar-refractivity contribution in [3.05, 3.63) is 181 Å². The molecule has 2 aliphatic rings. The van der Waals surface area contributed by atoms with E-state index in [-0.39, 0.29) is 5.41 Å². The molecule has 10 aromatic rings. The number of benzene rings is 8. The van der Waals surface area contributed by atoms with Crippen LogP contribution in [0, 0.1) is 0 Å². The topological polar surface area (TPSA) is 9.86 Å². The molecule has 0 amide bonds. The van der Waals surface area contributed by atoms with Gasteiger partial charge in [0.25, 0.3) is 0 Å². The first-order valence-electron chi connectivity index (χ1n) is 18.6. The number of nitrogens with zero attached hydrogens (tertiary/aromatic N) is 2. The summed E-state index contributed by atoms with van der Waals surface area (Å²) in [5.74, 6) is 0. The van der Waals surface area contributed by atoms with Crippen molar-refractivity contribution in [2.24, 2.45) is 0 Å². The second-order valence-corrected chi connectivity index (χ2v) is 15.3. The maximum absolute atomic E-state index is 2.50. The molecule has 0 atom stereocenters. The van der Waals surface area contributed by atoms with Gasteiger partial charge in [-0.3, -0.25) is 0 Å². The highest BCUT2D eigenvalue weighted by Crippen LogP contribution is 2.54. The minimum Gasteiger partial charge on any atom is -0.309 e. The van der Waals surface area contributed by atoms with Crippen LogP contribution in [0.15, 0.2) is 170 Å². The molecular formula is C51H34N2. The van der Waals surface area contributed by atoms with E-state index < -0.39 is 0 Å². The van der Waals surface area contributed by atoms with Gasteiger partial charge in [0.15, 0.2) is 0 Å². The summed E-state index contributed by atoms with van der Waals surface area (Å²) in [6, 6.07) is 63.3. The lowest BCUT2D eigenvalue weighted by Gasteiger charge is -2.22. The maximum atomic E-state index is 2.50. The molecule has 1 aliphatic carbocycles. The average Bonchev–Trinajstić information content (AvgIpc) is 3.77. The first-order chi connectivity index (χ1) is 26.1. The summed E-state index contributed by atoms with van der Waals surface area (Å²) in [5.41, 5.74) is 20.4. The fourth-order valence-corrected chi connectivity index (χ4v) is 9.98. The smallest absolute Gasteiger partial charge is 0.0619 e. The van der Waals surface area contributed by atoms with Crippen molar-refractivity contribution in [3.8, 4) is 55.9 Å².